The monoisotopic (exact) mass is 221 g/mol. The Labute approximate surface area is 95.9 Å². The average Bonchev–Trinajstić information content (AvgIpc) is 2.73. The first-order chi connectivity index (χ1) is 7.75. The molecule has 1 fully saturated rings. The molecule has 2 N–H and O–H groups in total. The molecule has 0 spiro atoms. The number of guanidine groups is 1. The molecule has 1 aromatic heterocycles. The Morgan fingerprint density at radius 1 is 1.44 bits per heavy atom. The lowest BCUT2D eigenvalue weighted by molar-refractivity contribution is 0.338. The van der Waals surface area contributed by atoms with Gasteiger partial charge in [0.1, 0.15) is 0 Å². The molecule has 1 aliphatic rings. The lowest BCUT2D eigenvalue weighted by Gasteiger charge is -2.27. The van der Waals surface area contributed by atoms with Crippen molar-refractivity contribution >= 4 is 5.96 Å². The molecule has 1 aliphatic heterocycles. The first-order valence-corrected chi connectivity index (χ1v) is 5.78. The maximum absolute atomic E-state index is 5.95. The summed E-state index contributed by atoms with van der Waals surface area (Å²) in [6, 6.07) is 0. The van der Waals surface area contributed by atoms with Crippen molar-refractivity contribution in [2.75, 3.05) is 13.1 Å². The number of aryl methyl sites for hydroxylation is 1. The van der Waals surface area contributed by atoms with E-state index in [-0.39, 0.29) is 0 Å². The van der Waals surface area contributed by atoms with Crippen molar-refractivity contribution in [2.24, 2.45) is 17.8 Å². The van der Waals surface area contributed by atoms with Crippen LogP contribution in [0.3, 0.4) is 0 Å². The standard InChI is InChI=1S/C11H19N5/c1-15-9-10(8-14-15)7-13-11(12)16-5-3-2-4-6-16/h8-9H,2-7H2,1H3,(H2,12,13). The quantitative estimate of drug-likeness (QED) is 0.591. The Morgan fingerprint density at radius 2 is 2.19 bits per heavy atom. The Morgan fingerprint density at radius 3 is 2.81 bits per heavy atom. The minimum Gasteiger partial charge on any atom is -0.370 e. The van der Waals surface area contributed by atoms with Gasteiger partial charge in [-0.3, -0.25) is 4.68 Å². The van der Waals surface area contributed by atoms with Gasteiger partial charge in [-0.15, -0.1) is 0 Å². The third-order valence-electron chi connectivity index (χ3n) is 2.86. The van der Waals surface area contributed by atoms with E-state index in [2.05, 4.69) is 15.0 Å². The second-order valence-corrected chi connectivity index (χ2v) is 4.24. The van der Waals surface area contributed by atoms with Crippen LogP contribution in [0.1, 0.15) is 24.8 Å². The predicted molar refractivity (Wildman–Crippen MR) is 64.0 cm³/mol. The zero-order valence-electron chi connectivity index (χ0n) is 9.76. The molecule has 0 radical (unpaired) electrons. The fourth-order valence-electron chi connectivity index (χ4n) is 1.95. The van der Waals surface area contributed by atoms with Crippen LogP contribution in [0.2, 0.25) is 0 Å². The van der Waals surface area contributed by atoms with Crippen LogP contribution in [-0.4, -0.2) is 33.7 Å². The van der Waals surface area contributed by atoms with Gasteiger partial charge in [-0.1, -0.05) is 0 Å². The molecule has 2 heterocycles. The molecular formula is C11H19N5. The summed E-state index contributed by atoms with van der Waals surface area (Å²) in [7, 11) is 1.90. The summed E-state index contributed by atoms with van der Waals surface area (Å²) in [4.78, 5) is 6.56. The SMILES string of the molecule is Cn1cc(CN=C(N)N2CCCCC2)cn1. The maximum atomic E-state index is 5.95. The molecule has 88 valence electrons. The zero-order chi connectivity index (χ0) is 11.4. The van der Waals surface area contributed by atoms with Gasteiger partial charge < -0.3 is 10.6 Å². The van der Waals surface area contributed by atoms with Crippen LogP contribution in [0.4, 0.5) is 0 Å². The number of hydrogen-bond donors (Lipinski definition) is 1. The molecule has 0 saturated carbocycles. The van der Waals surface area contributed by atoms with Gasteiger partial charge in [0.15, 0.2) is 5.96 Å². The van der Waals surface area contributed by atoms with Crippen LogP contribution in [0.25, 0.3) is 0 Å². The molecule has 0 aliphatic carbocycles. The van der Waals surface area contributed by atoms with E-state index in [1.165, 1.54) is 19.3 Å². The third kappa shape index (κ3) is 2.74. The van der Waals surface area contributed by atoms with E-state index in [9.17, 15) is 0 Å². The lowest BCUT2D eigenvalue weighted by Crippen LogP contribution is -2.40. The van der Waals surface area contributed by atoms with Crippen molar-refractivity contribution in [1.29, 1.82) is 0 Å². The molecular weight excluding hydrogens is 202 g/mol. The van der Waals surface area contributed by atoms with E-state index >= 15 is 0 Å². The van der Waals surface area contributed by atoms with E-state index in [0.29, 0.717) is 12.5 Å². The Hall–Kier alpha value is -1.52. The molecule has 5 nitrogen and oxygen atoms in total. The van der Waals surface area contributed by atoms with Crippen molar-refractivity contribution in [3.8, 4) is 0 Å². The largest absolute Gasteiger partial charge is 0.370 e. The number of hydrogen-bond acceptors (Lipinski definition) is 2. The van der Waals surface area contributed by atoms with E-state index in [1.807, 2.05) is 19.4 Å². The lowest BCUT2D eigenvalue weighted by atomic mass is 10.1. The maximum Gasteiger partial charge on any atom is 0.191 e. The number of nitrogens with zero attached hydrogens (tertiary/aromatic N) is 4. The summed E-state index contributed by atoms with van der Waals surface area (Å²) < 4.78 is 1.78. The summed E-state index contributed by atoms with van der Waals surface area (Å²) in [6.07, 6.45) is 7.55. The second kappa shape index (κ2) is 5.01. The van der Waals surface area contributed by atoms with Crippen LogP contribution in [0.15, 0.2) is 17.4 Å². The first kappa shape index (κ1) is 11.0. The highest BCUT2D eigenvalue weighted by Crippen LogP contribution is 2.08. The molecule has 0 atom stereocenters. The van der Waals surface area contributed by atoms with E-state index in [1.54, 1.807) is 4.68 Å². The number of nitrogens with two attached hydrogens (primary N) is 1. The number of likely N-dealkylation sites (tertiary alicyclic amines) is 1. The van der Waals surface area contributed by atoms with Gasteiger partial charge in [-0.25, -0.2) is 4.99 Å². The van der Waals surface area contributed by atoms with Gasteiger partial charge in [0.05, 0.1) is 12.7 Å². The van der Waals surface area contributed by atoms with Gasteiger partial charge in [-0.05, 0) is 19.3 Å². The van der Waals surface area contributed by atoms with Crippen LogP contribution in [0, 0.1) is 0 Å². The normalized spacial score (nSPS) is 17.8. The molecule has 2 rings (SSSR count). The summed E-state index contributed by atoms with van der Waals surface area (Å²) in [5.74, 6) is 0.670. The van der Waals surface area contributed by atoms with Crippen LogP contribution in [-0.2, 0) is 13.6 Å². The first-order valence-electron chi connectivity index (χ1n) is 5.78. The molecule has 16 heavy (non-hydrogen) atoms. The van der Waals surface area contributed by atoms with Crippen molar-refractivity contribution in [1.82, 2.24) is 14.7 Å². The van der Waals surface area contributed by atoms with Gasteiger partial charge in [0.2, 0.25) is 0 Å². The van der Waals surface area contributed by atoms with E-state index < -0.39 is 0 Å². The minimum absolute atomic E-state index is 0.621. The molecule has 0 bridgehead atoms. The fourth-order valence-corrected chi connectivity index (χ4v) is 1.95. The van der Waals surface area contributed by atoms with Gasteiger partial charge >= 0.3 is 0 Å². The number of rotatable bonds is 2. The average molecular weight is 221 g/mol. The summed E-state index contributed by atoms with van der Waals surface area (Å²) in [5, 5.41) is 4.10. The number of aliphatic imine (C=N–C) groups is 1. The highest BCUT2D eigenvalue weighted by Gasteiger charge is 2.11. The summed E-state index contributed by atoms with van der Waals surface area (Å²) in [6.45, 7) is 2.71. The molecule has 5 heteroatoms. The highest BCUT2D eigenvalue weighted by molar-refractivity contribution is 5.78. The fraction of sp³-hybridized carbons (Fsp3) is 0.636. The van der Waals surface area contributed by atoms with Gasteiger partial charge in [-0.2, -0.15) is 5.10 Å². The van der Waals surface area contributed by atoms with Gasteiger partial charge in [0, 0.05) is 31.9 Å². The number of aromatic nitrogens is 2. The van der Waals surface area contributed by atoms with E-state index in [0.717, 1.165) is 18.7 Å². The predicted octanol–water partition coefficient (Wildman–Crippen LogP) is 0.721. The Bertz CT molecular complexity index is 362. The molecule has 0 unspecified atom stereocenters. The van der Waals surface area contributed by atoms with Crippen molar-refractivity contribution < 1.29 is 0 Å². The van der Waals surface area contributed by atoms with Crippen molar-refractivity contribution in [3.63, 3.8) is 0 Å². The Balaban J connectivity index is 1.90. The van der Waals surface area contributed by atoms with Gasteiger partial charge in [0.25, 0.3) is 0 Å². The minimum atomic E-state index is 0.621. The highest BCUT2D eigenvalue weighted by atomic mass is 15.3. The van der Waals surface area contributed by atoms with Crippen LogP contribution in [0.5, 0.6) is 0 Å². The third-order valence-corrected chi connectivity index (χ3v) is 2.86. The topological polar surface area (TPSA) is 59.4 Å². The molecule has 0 amide bonds. The summed E-state index contributed by atoms with van der Waals surface area (Å²) in [5.41, 5.74) is 7.05. The zero-order valence-corrected chi connectivity index (χ0v) is 9.76. The molecule has 1 aromatic rings. The summed E-state index contributed by atoms with van der Waals surface area (Å²) >= 11 is 0. The van der Waals surface area contributed by atoms with Crippen molar-refractivity contribution in [3.05, 3.63) is 18.0 Å². The molecule has 0 aromatic carbocycles. The smallest absolute Gasteiger partial charge is 0.191 e. The Kier molecular flexibility index (Phi) is 3.44. The van der Waals surface area contributed by atoms with Crippen LogP contribution < -0.4 is 5.73 Å². The second-order valence-electron chi connectivity index (χ2n) is 4.24. The number of piperidine rings is 1. The van der Waals surface area contributed by atoms with E-state index in [4.69, 9.17) is 5.73 Å². The van der Waals surface area contributed by atoms with Crippen LogP contribution >= 0.6 is 0 Å². The molecule has 1 saturated heterocycles. The van der Waals surface area contributed by atoms with Crippen molar-refractivity contribution in [2.45, 2.75) is 25.8 Å².